The van der Waals surface area contributed by atoms with Gasteiger partial charge >= 0.3 is 0 Å². The summed E-state index contributed by atoms with van der Waals surface area (Å²) in [6, 6.07) is 26.6. The Bertz CT molecular complexity index is 2160. The van der Waals surface area contributed by atoms with Gasteiger partial charge in [0.2, 0.25) is 0 Å². The van der Waals surface area contributed by atoms with Crippen LogP contribution in [0.4, 0.5) is 5.82 Å². The number of fused-ring (bicyclic) bond motifs is 1. The molecule has 0 bridgehead atoms. The van der Waals surface area contributed by atoms with Gasteiger partial charge in [-0.25, -0.2) is 15.0 Å². The number of aliphatic hydroxyl groups excluding tert-OH is 1. The van der Waals surface area contributed by atoms with Gasteiger partial charge in [0.25, 0.3) is 5.91 Å². The first kappa shape index (κ1) is 38.5. The molecule has 2 aromatic heterocycles. The summed E-state index contributed by atoms with van der Waals surface area (Å²) < 4.78 is 44.6. The molecule has 2 fully saturated rings. The van der Waals surface area contributed by atoms with Gasteiger partial charge in [-0.15, -0.1) is 0 Å². The van der Waals surface area contributed by atoms with Crippen LogP contribution in [-0.4, -0.2) is 95.5 Å². The number of amides is 1. The first-order valence-electron chi connectivity index (χ1n) is 18.9. The molecule has 0 spiro atoms. The average Bonchev–Trinajstić information content (AvgIpc) is 4.02. The van der Waals surface area contributed by atoms with Gasteiger partial charge in [0.1, 0.15) is 36.0 Å². The molecule has 14 heteroatoms. The third-order valence-electron chi connectivity index (χ3n) is 10.8. The van der Waals surface area contributed by atoms with Crippen LogP contribution in [0.3, 0.4) is 0 Å². The van der Waals surface area contributed by atoms with E-state index in [1.165, 1.54) is 6.33 Å². The van der Waals surface area contributed by atoms with Crippen molar-refractivity contribution in [1.29, 1.82) is 0 Å². The number of ether oxygens (including phenoxy) is 7. The van der Waals surface area contributed by atoms with Crippen molar-refractivity contribution in [2.24, 2.45) is 0 Å². The first-order chi connectivity index (χ1) is 27.9. The molecule has 0 radical (unpaired) electrons. The summed E-state index contributed by atoms with van der Waals surface area (Å²) in [6.07, 6.45) is 6.40. The van der Waals surface area contributed by atoms with E-state index in [-0.39, 0.29) is 18.3 Å². The maximum atomic E-state index is 13.2. The minimum Gasteiger partial charge on any atom is -0.497 e. The highest BCUT2D eigenvalue weighted by Crippen LogP contribution is 2.45. The van der Waals surface area contributed by atoms with E-state index in [2.05, 4.69) is 26.3 Å². The van der Waals surface area contributed by atoms with Crippen LogP contribution in [0.1, 0.15) is 47.0 Å². The van der Waals surface area contributed by atoms with E-state index in [0.29, 0.717) is 41.9 Å². The van der Waals surface area contributed by atoms with E-state index in [1.807, 2.05) is 72.8 Å². The Labute approximate surface area is 330 Å². The molecule has 296 valence electrons. The van der Waals surface area contributed by atoms with Crippen molar-refractivity contribution in [2.75, 3.05) is 39.9 Å². The van der Waals surface area contributed by atoms with Crippen LogP contribution in [0, 0.1) is 0 Å². The molecule has 2 N–H and O–H groups in total. The van der Waals surface area contributed by atoms with Gasteiger partial charge in [0.15, 0.2) is 35.3 Å². The van der Waals surface area contributed by atoms with Crippen LogP contribution >= 0.6 is 0 Å². The highest BCUT2D eigenvalue weighted by molar-refractivity contribution is 6.06. The predicted octanol–water partition coefficient (Wildman–Crippen LogP) is 5.70. The smallest absolute Gasteiger partial charge is 0.256 e. The van der Waals surface area contributed by atoms with Gasteiger partial charge in [-0.1, -0.05) is 72.8 Å². The summed E-state index contributed by atoms with van der Waals surface area (Å²) >= 11 is 0. The maximum absolute atomic E-state index is 13.2. The molecule has 14 nitrogen and oxygen atoms in total. The van der Waals surface area contributed by atoms with Crippen LogP contribution in [0.25, 0.3) is 11.2 Å². The lowest BCUT2D eigenvalue weighted by atomic mass is 9.77. The summed E-state index contributed by atoms with van der Waals surface area (Å²) in [4.78, 5) is 26.7. The van der Waals surface area contributed by atoms with E-state index < -0.39 is 42.2 Å². The van der Waals surface area contributed by atoms with Crippen molar-refractivity contribution in [2.45, 2.75) is 61.5 Å². The minimum atomic E-state index is -1.15. The number of aromatic nitrogens is 4. The zero-order valence-corrected chi connectivity index (χ0v) is 31.9. The Morgan fingerprint density at radius 3 is 2.30 bits per heavy atom. The van der Waals surface area contributed by atoms with Crippen molar-refractivity contribution < 1.29 is 43.1 Å². The summed E-state index contributed by atoms with van der Waals surface area (Å²) in [5.74, 6) is -0.450. The van der Waals surface area contributed by atoms with E-state index in [9.17, 15) is 9.90 Å². The molecule has 8 rings (SSSR count). The van der Waals surface area contributed by atoms with E-state index in [4.69, 9.17) is 33.2 Å². The van der Waals surface area contributed by atoms with Crippen LogP contribution < -0.4 is 10.1 Å². The largest absolute Gasteiger partial charge is 0.497 e. The number of rotatable bonds is 14. The van der Waals surface area contributed by atoms with Gasteiger partial charge in [0, 0.05) is 39.2 Å². The quantitative estimate of drug-likeness (QED) is 0.133. The minimum absolute atomic E-state index is 0.0392. The lowest BCUT2D eigenvalue weighted by Crippen LogP contribution is -2.42. The molecule has 5 aromatic rings. The number of methoxy groups -OCH3 is 3. The van der Waals surface area contributed by atoms with Crippen molar-refractivity contribution in [3.63, 3.8) is 0 Å². The highest BCUT2D eigenvalue weighted by atomic mass is 16.7. The summed E-state index contributed by atoms with van der Waals surface area (Å²) in [5.41, 5.74) is 2.62. The first-order valence-corrected chi connectivity index (χ1v) is 18.9. The van der Waals surface area contributed by atoms with Crippen molar-refractivity contribution in [3.8, 4) is 5.75 Å². The van der Waals surface area contributed by atoms with Crippen molar-refractivity contribution in [3.05, 3.63) is 138 Å². The second kappa shape index (κ2) is 16.6. The van der Waals surface area contributed by atoms with Crippen molar-refractivity contribution >= 4 is 22.9 Å². The molecule has 3 aliphatic rings. The Morgan fingerprint density at radius 2 is 1.68 bits per heavy atom. The molecule has 1 amide bonds. The maximum Gasteiger partial charge on any atom is 0.256 e. The third kappa shape index (κ3) is 7.48. The fourth-order valence-corrected chi connectivity index (χ4v) is 7.66. The van der Waals surface area contributed by atoms with Crippen LogP contribution in [0.15, 0.2) is 121 Å². The van der Waals surface area contributed by atoms with Crippen molar-refractivity contribution in [1.82, 2.24) is 19.5 Å². The predicted molar refractivity (Wildman–Crippen MR) is 208 cm³/mol. The molecule has 1 aliphatic carbocycles. The second-order valence-electron chi connectivity index (χ2n) is 14.0. The number of imidazole rings is 1. The Morgan fingerprint density at radius 1 is 0.965 bits per heavy atom. The zero-order valence-electron chi connectivity index (χ0n) is 31.9. The number of anilines is 1. The molecule has 2 aliphatic heterocycles. The van der Waals surface area contributed by atoms with Gasteiger partial charge in [-0.2, -0.15) is 0 Å². The van der Waals surface area contributed by atoms with Gasteiger partial charge < -0.3 is 43.6 Å². The number of hydrogen-bond donors (Lipinski definition) is 2. The SMILES string of the molecule is COc1ccc(C(=O)Nc2ncnc3c2ncn3[C@@H]2O[C@H](COC(C3=CCC(OC)(OC)C=C3)(c3ccccc3)c3ccccc3)[C@@H](O)[C@H]2OC2CCCO2)cc1. The Kier molecular flexibility index (Phi) is 11.3. The van der Waals surface area contributed by atoms with Gasteiger partial charge in [-0.05, 0) is 53.5 Å². The second-order valence-corrected chi connectivity index (χ2v) is 14.0. The van der Waals surface area contributed by atoms with E-state index in [0.717, 1.165) is 23.1 Å². The van der Waals surface area contributed by atoms with Crippen LogP contribution in [0.2, 0.25) is 0 Å². The van der Waals surface area contributed by atoms with E-state index in [1.54, 1.807) is 56.5 Å². The summed E-state index contributed by atoms with van der Waals surface area (Å²) in [7, 11) is 4.79. The highest BCUT2D eigenvalue weighted by Gasteiger charge is 2.50. The monoisotopic (exact) mass is 775 g/mol. The third-order valence-corrected chi connectivity index (χ3v) is 10.8. The van der Waals surface area contributed by atoms with Crippen LogP contribution in [0.5, 0.6) is 5.75 Å². The fraction of sp³-hybridized carbons (Fsp3) is 0.349. The molecule has 4 heterocycles. The standard InChI is InChI=1S/C43H45N5O9/c1-51-32-18-16-28(17-19-32)40(50)47-38-35-39(45-26-44-38)48(27-46-35)41-37(57-34-15-10-24-54-34)36(49)33(56-41)25-55-43(29-11-6-4-7-12-29,30-13-8-5-9-14-30)31-20-22-42(52-2,53-3)23-21-31/h4-9,11-14,16-22,26-27,33-34,36-37,41,49H,10,15,23-25H2,1-3H3,(H,44,45,47,50)/t33-,34?,36-,37-,41-/m1/s1. The molecular weight excluding hydrogens is 730 g/mol. The summed E-state index contributed by atoms with van der Waals surface area (Å²) in [5, 5.41) is 14.9. The fourth-order valence-electron chi connectivity index (χ4n) is 7.66. The molecule has 0 saturated carbocycles. The number of aliphatic hydroxyl groups is 1. The number of carbonyl (C=O) groups is 1. The lowest BCUT2D eigenvalue weighted by Gasteiger charge is -2.40. The number of hydrogen-bond acceptors (Lipinski definition) is 12. The van der Waals surface area contributed by atoms with Gasteiger partial charge in [-0.3, -0.25) is 9.36 Å². The topological polar surface area (TPSA) is 158 Å². The molecule has 3 aromatic carbocycles. The number of nitrogens with one attached hydrogen (secondary N) is 1. The molecular formula is C43H45N5O9. The number of carbonyl (C=O) groups excluding carboxylic acids is 1. The van der Waals surface area contributed by atoms with Gasteiger partial charge in [0.05, 0.1) is 20.0 Å². The summed E-state index contributed by atoms with van der Waals surface area (Å²) in [6.45, 7) is 0.513. The van der Waals surface area contributed by atoms with Crippen LogP contribution in [-0.2, 0) is 34.0 Å². The number of benzene rings is 3. The normalized spacial score (nSPS) is 23.1. The molecule has 1 unspecified atom stereocenters. The molecule has 2 saturated heterocycles. The Balaban J connectivity index is 1.12. The zero-order chi connectivity index (χ0) is 39.4. The molecule has 5 atom stereocenters. The number of nitrogens with zero attached hydrogens (tertiary/aromatic N) is 4. The average molecular weight is 776 g/mol. The Hall–Kier alpha value is -5.32. The van der Waals surface area contributed by atoms with E-state index >= 15 is 0 Å². The molecule has 57 heavy (non-hydrogen) atoms. The lowest BCUT2D eigenvalue weighted by molar-refractivity contribution is -0.181.